The summed E-state index contributed by atoms with van der Waals surface area (Å²) in [6.45, 7) is 5.32. The number of nitrogens with zero attached hydrogens (tertiary/aromatic N) is 2. The van der Waals surface area contributed by atoms with Gasteiger partial charge in [0.15, 0.2) is 5.76 Å². The lowest BCUT2D eigenvalue weighted by Gasteiger charge is -2.19. The van der Waals surface area contributed by atoms with E-state index in [2.05, 4.69) is 9.97 Å². The molecular formula is C14H16N2O3. The van der Waals surface area contributed by atoms with Crippen molar-refractivity contribution in [2.24, 2.45) is 0 Å². The summed E-state index contributed by atoms with van der Waals surface area (Å²) < 4.78 is 10.3. The molecule has 0 aliphatic rings. The molecule has 19 heavy (non-hydrogen) atoms. The highest BCUT2D eigenvalue weighted by Gasteiger charge is 2.34. The molecular weight excluding hydrogens is 244 g/mol. The molecule has 0 aliphatic carbocycles. The first-order chi connectivity index (χ1) is 8.95. The Labute approximate surface area is 111 Å². The van der Waals surface area contributed by atoms with E-state index < -0.39 is 5.41 Å². The quantitative estimate of drug-likeness (QED) is 0.793. The summed E-state index contributed by atoms with van der Waals surface area (Å²) in [6.07, 6.45) is 1.61. The summed E-state index contributed by atoms with van der Waals surface area (Å²) in [5, 5.41) is 0. The van der Waals surface area contributed by atoms with E-state index in [1.807, 2.05) is 19.1 Å². The van der Waals surface area contributed by atoms with Gasteiger partial charge in [-0.05, 0) is 39.0 Å². The zero-order valence-electron chi connectivity index (χ0n) is 11.4. The predicted octanol–water partition coefficient (Wildman–Crippen LogP) is 2.50. The van der Waals surface area contributed by atoms with Crippen molar-refractivity contribution in [3.05, 3.63) is 36.0 Å². The first-order valence-corrected chi connectivity index (χ1v) is 5.94. The molecule has 0 aromatic carbocycles. The molecule has 0 saturated carbocycles. The van der Waals surface area contributed by atoms with Crippen molar-refractivity contribution in [1.82, 2.24) is 9.97 Å². The number of furan rings is 1. The number of methoxy groups -OCH3 is 1. The summed E-state index contributed by atoms with van der Waals surface area (Å²) in [6, 6.07) is 5.45. The van der Waals surface area contributed by atoms with E-state index in [-0.39, 0.29) is 5.97 Å². The third-order valence-electron chi connectivity index (χ3n) is 2.90. The third-order valence-corrected chi connectivity index (χ3v) is 2.90. The lowest BCUT2D eigenvalue weighted by Crippen LogP contribution is -2.32. The van der Waals surface area contributed by atoms with E-state index >= 15 is 0 Å². The Hall–Kier alpha value is -2.17. The highest BCUT2D eigenvalue weighted by Crippen LogP contribution is 2.25. The van der Waals surface area contributed by atoms with Gasteiger partial charge in [-0.3, -0.25) is 4.79 Å². The monoisotopic (exact) mass is 260 g/mol. The maximum Gasteiger partial charge on any atom is 0.318 e. The highest BCUT2D eigenvalue weighted by molar-refractivity contribution is 5.81. The molecule has 0 amide bonds. The molecule has 0 fully saturated rings. The Kier molecular flexibility index (Phi) is 3.38. The van der Waals surface area contributed by atoms with Gasteiger partial charge in [-0.1, -0.05) is 0 Å². The van der Waals surface area contributed by atoms with Gasteiger partial charge < -0.3 is 9.15 Å². The van der Waals surface area contributed by atoms with Crippen molar-refractivity contribution in [2.75, 3.05) is 7.11 Å². The van der Waals surface area contributed by atoms with Gasteiger partial charge in [0, 0.05) is 6.20 Å². The number of rotatable bonds is 3. The minimum absolute atomic E-state index is 0.375. The van der Waals surface area contributed by atoms with Crippen LogP contribution in [0.1, 0.15) is 25.4 Å². The number of ether oxygens (including phenoxy) is 1. The van der Waals surface area contributed by atoms with Crippen molar-refractivity contribution >= 4 is 5.97 Å². The van der Waals surface area contributed by atoms with E-state index in [0.717, 1.165) is 5.76 Å². The van der Waals surface area contributed by atoms with Gasteiger partial charge in [-0.2, -0.15) is 0 Å². The van der Waals surface area contributed by atoms with Crippen LogP contribution in [-0.4, -0.2) is 23.0 Å². The molecule has 0 aliphatic heterocycles. The largest absolute Gasteiger partial charge is 0.468 e. The standard InChI is InChI=1S/C14H16N2O3/c1-9-5-6-11(19-9)10-7-8-15-12(16-10)14(2,3)13(17)18-4/h5-8H,1-4H3. The number of esters is 1. The van der Waals surface area contributed by atoms with Crippen LogP contribution in [0, 0.1) is 6.92 Å². The van der Waals surface area contributed by atoms with E-state index in [0.29, 0.717) is 17.3 Å². The van der Waals surface area contributed by atoms with Crippen LogP contribution in [0.3, 0.4) is 0 Å². The van der Waals surface area contributed by atoms with Gasteiger partial charge in [0.1, 0.15) is 22.7 Å². The van der Waals surface area contributed by atoms with Gasteiger partial charge >= 0.3 is 5.97 Å². The molecule has 2 aromatic heterocycles. The second-order valence-corrected chi connectivity index (χ2v) is 4.79. The van der Waals surface area contributed by atoms with E-state index in [1.54, 1.807) is 26.1 Å². The predicted molar refractivity (Wildman–Crippen MR) is 69.5 cm³/mol. The van der Waals surface area contributed by atoms with Crippen LogP contribution >= 0.6 is 0 Å². The zero-order chi connectivity index (χ0) is 14.0. The van der Waals surface area contributed by atoms with Gasteiger partial charge in [-0.25, -0.2) is 9.97 Å². The van der Waals surface area contributed by atoms with Crippen LogP contribution in [0.5, 0.6) is 0 Å². The third kappa shape index (κ3) is 2.50. The maximum atomic E-state index is 11.8. The van der Waals surface area contributed by atoms with Gasteiger partial charge in [0.25, 0.3) is 0 Å². The van der Waals surface area contributed by atoms with Crippen molar-refractivity contribution in [1.29, 1.82) is 0 Å². The van der Waals surface area contributed by atoms with Crippen molar-refractivity contribution < 1.29 is 13.9 Å². The number of aromatic nitrogens is 2. The molecule has 5 nitrogen and oxygen atoms in total. The first kappa shape index (κ1) is 13.3. The molecule has 0 bridgehead atoms. The molecule has 0 saturated heterocycles. The summed E-state index contributed by atoms with van der Waals surface area (Å²) >= 11 is 0. The molecule has 2 rings (SSSR count). The molecule has 0 spiro atoms. The van der Waals surface area contributed by atoms with Crippen LogP contribution < -0.4 is 0 Å². The number of carbonyl (C=O) groups is 1. The SMILES string of the molecule is COC(=O)C(C)(C)c1nccc(-c2ccc(C)o2)n1. The Balaban J connectivity index is 2.42. The van der Waals surface area contributed by atoms with E-state index in [4.69, 9.17) is 9.15 Å². The first-order valence-electron chi connectivity index (χ1n) is 5.94. The zero-order valence-corrected chi connectivity index (χ0v) is 11.4. The van der Waals surface area contributed by atoms with Crippen LogP contribution in [0.2, 0.25) is 0 Å². The number of carbonyl (C=O) groups excluding carboxylic acids is 1. The summed E-state index contributed by atoms with van der Waals surface area (Å²) in [4.78, 5) is 20.3. The fourth-order valence-electron chi connectivity index (χ4n) is 1.72. The average molecular weight is 260 g/mol. The van der Waals surface area contributed by atoms with Gasteiger partial charge in [-0.15, -0.1) is 0 Å². The lowest BCUT2D eigenvalue weighted by molar-refractivity contribution is -0.146. The van der Waals surface area contributed by atoms with Crippen molar-refractivity contribution in [3.8, 4) is 11.5 Å². The second-order valence-electron chi connectivity index (χ2n) is 4.79. The summed E-state index contributed by atoms with van der Waals surface area (Å²) in [5.41, 5.74) is -0.248. The van der Waals surface area contributed by atoms with Gasteiger partial charge in [0.05, 0.1) is 7.11 Å². The molecule has 0 unspecified atom stereocenters. The molecule has 100 valence electrons. The van der Waals surface area contributed by atoms with E-state index in [1.165, 1.54) is 7.11 Å². The normalized spacial score (nSPS) is 11.4. The minimum atomic E-state index is -0.896. The van der Waals surface area contributed by atoms with E-state index in [9.17, 15) is 4.79 Å². The smallest absolute Gasteiger partial charge is 0.318 e. The molecule has 0 N–H and O–H groups in total. The summed E-state index contributed by atoms with van der Waals surface area (Å²) in [7, 11) is 1.35. The molecule has 0 atom stereocenters. The van der Waals surface area contributed by atoms with Crippen LogP contribution in [0.25, 0.3) is 11.5 Å². The van der Waals surface area contributed by atoms with Crippen LogP contribution in [-0.2, 0) is 14.9 Å². The Morgan fingerprint density at radius 1 is 1.32 bits per heavy atom. The minimum Gasteiger partial charge on any atom is -0.468 e. The van der Waals surface area contributed by atoms with Crippen molar-refractivity contribution in [2.45, 2.75) is 26.2 Å². The number of hydrogen-bond acceptors (Lipinski definition) is 5. The highest BCUT2D eigenvalue weighted by atomic mass is 16.5. The molecule has 0 radical (unpaired) electrons. The second kappa shape index (κ2) is 4.84. The number of aryl methyl sites for hydroxylation is 1. The maximum absolute atomic E-state index is 11.8. The Bertz CT molecular complexity index is 602. The Morgan fingerprint density at radius 2 is 2.05 bits per heavy atom. The molecule has 5 heteroatoms. The number of hydrogen-bond donors (Lipinski definition) is 0. The Morgan fingerprint density at radius 3 is 2.63 bits per heavy atom. The molecule has 2 heterocycles. The average Bonchev–Trinajstić information content (AvgIpc) is 2.84. The summed E-state index contributed by atoms with van der Waals surface area (Å²) in [5.74, 6) is 1.50. The fourth-order valence-corrected chi connectivity index (χ4v) is 1.72. The molecule has 2 aromatic rings. The van der Waals surface area contributed by atoms with Gasteiger partial charge in [0.2, 0.25) is 0 Å². The topological polar surface area (TPSA) is 65.2 Å². The van der Waals surface area contributed by atoms with Crippen LogP contribution in [0.15, 0.2) is 28.8 Å². The fraction of sp³-hybridized carbons (Fsp3) is 0.357. The van der Waals surface area contributed by atoms with Crippen molar-refractivity contribution in [3.63, 3.8) is 0 Å². The lowest BCUT2D eigenvalue weighted by atomic mass is 9.92. The van der Waals surface area contributed by atoms with Crippen LogP contribution in [0.4, 0.5) is 0 Å².